The Labute approximate surface area is 177 Å². The molecule has 0 unspecified atom stereocenters. The van der Waals surface area contributed by atoms with Gasteiger partial charge >= 0.3 is 0 Å². The smallest absolute Gasteiger partial charge is 0.197 e. The van der Waals surface area contributed by atoms with Crippen LogP contribution in [0.4, 0.5) is 11.4 Å². The van der Waals surface area contributed by atoms with E-state index in [0.717, 1.165) is 49.1 Å². The molecule has 2 saturated heterocycles. The van der Waals surface area contributed by atoms with Crippen LogP contribution in [0.2, 0.25) is 0 Å². The predicted molar refractivity (Wildman–Crippen MR) is 115 cm³/mol. The van der Waals surface area contributed by atoms with Gasteiger partial charge in [0, 0.05) is 49.4 Å². The largest absolute Gasteiger partial charge is 0.497 e. The molecule has 2 aliphatic rings. The molecule has 7 nitrogen and oxygen atoms in total. The van der Waals surface area contributed by atoms with Crippen LogP contribution in [0.5, 0.6) is 11.5 Å². The quantitative estimate of drug-likeness (QED) is 0.676. The van der Waals surface area contributed by atoms with E-state index in [-0.39, 0.29) is 5.78 Å². The van der Waals surface area contributed by atoms with Crippen LogP contribution in [0.25, 0.3) is 0 Å². The van der Waals surface area contributed by atoms with Crippen molar-refractivity contribution in [2.75, 3.05) is 76.6 Å². The number of nitrogens with zero attached hydrogens (tertiary/aromatic N) is 2. The molecule has 0 spiro atoms. The van der Waals surface area contributed by atoms with Gasteiger partial charge in [-0.05, 0) is 24.3 Å². The highest BCUT2D eigenvalue weighted by molar-refractivity contribution is 6.15. The average Bonchev–Trinajstić information content (AvgIpc) is 2.84. The predicted octanol–water partition coefficient (Wildman–Crippen LogP) is 2.61. The first-order valence-electron chi connectivity index (χ1n) is 10.3. The van der Waals surface area contributed by atoms with Crippen LogP contribution in [-0.4, -0.2) is 72.6 Å². The fourth-order valence-electron chi connectivity index (χ4n) is 3.94. The summed E-state index contributed by atoms with van der Waals surface area (Å²) in [6.45, 7) is 5.55. The molecular formula is C23H28N2O5. The SMILES string of the molecule is COc1ccc(C(=O)c2ccc(OC)cc2N2CCOCC2)c(N2CCOCC2)c1. The molecule has 30 heavy (non-hydrogen) atoms. The molecule has 0 aromatic heterocycles. The first-order chi connectivity index (χ1) is 14.7. The Kier molecular flexibility index (Phi) is 6.40. The second-order valence-electron chi connectivity index (χ2n) is 7.29. The van der Waals surface area contributed by atoms with Gasteiger partial charge in [0.05, 0.1) is 52.0 Å². The third-order valence-electron chi connectivity index (χ3n) is 5.60. The first kappa shape index (κ1) is 20.5. The minimum Gasteiger partial charge on any atom is -0.497 e. The summed E-state index contributed by atoms with van der Waals surface area (Å²) in [7, 11) is 3.28. The van der Waals surface area contributed by atoms with Gasteiger partial charge in [0.25, 0.3) is 0 Å². The van der Waals surface area contributed by atoms with E-state index >= 15 is 0 Å². The second-order valence-corrected chi connectivity index (χ2v) is 7.29. The van der Waals surface area contributed by atoms with Gasteiger partial charge in [0.2, 0.25) is 0 Å². The lowest BCUT2D eigenvalue weighted by Gasteiger charge is -2.32. The van der Waals surface area contributed by atoms with Crippen molar-refractivity contribution in [2.45, 2.75) is 0 Å². The van der Waals surface area contributed by atoms with Gasteiger partial charge in [0.15, 0.2) is 5.78 Å². The number of benzene rings is 2. The van der Waals surface area contributed by atoms with Crippen molar-refractivity contribution in [3.63, 3.8) is 0 Å². The lowest BCUT2D eigenvalue weighted by molar-refractivity contribution is 0.103. The van der Waals surface area contributed by atoms with E-state index in [1.165, 1.54) is 0 Å². The maximum absolute atomic E-state index is 13.8. The fourth-order valence-corrected chi connectivity index (χ4v) is 3.94. The van der Waals surface area contributed by atoms with Crippen molar-refractivity contribution in [3.05, 3.63) is 47.5 Å². The summed E-state index contributed by atoms with van der Waals surface area (Å²) >= 11 is 0. The molecule has 160 valence electrons. The minimum atomic E-state index is -0.0108. The van der Waals surface area contributed by atoms with Gasteiger partial charge in [0.1, 0.15) is 11.5 Å². The van der Waals surface area contributed by atoms with Crippen molar-refractivity contribution >= 4 is 17.2 Å². The third kappa shape index (κ3) is 4.22. The molecule has 0 bridgehead atoms. The van der Waals surface area contributed by atoms with E-state index in [2.05, 4.69) is 9.80 Å². The highest BCUT2D eigenvalue weighted by Crippen LogP contribution is 2.33. The second kappa shape index (κ2) is 9.36. The van der Waals surface area contributed by atoms with Crippen molar-refractivity contribution in [1.29, 1.82) is 0 Å². The lowest BCUT2D eigenvalue weighted by Crippen LogP contribution is -2.38. The number of rotatable bonds is 6. The molecule has 4 rings (SSSR count). The van der Waals surface area contributed by atoms with Gasteiger partial charge in [-0.25, -0.2) is 0 Å². The summed E-state index contributed by atoms with van der Waals surface area (Å²) in [4.78, 5) is 18.2. The molecule has 0 amide bonds. The highest BCUT2D eigenvalue weighted by atomic mass is 16.5. The van der Waals surface area contributed by atoms with Crippen molar-refractivity contribution in [3.8, 4) is 11.5 Å². The van der Waals surface area contributed by atoms with E-state index in [1.54, 1.807) is 14.2 Å². The minimum absolute atomic E-state index is 0.0108. The van der Waals surface area contributed by atoms with E-state index < -0.39 is 0 Å². The van der Waals surface area contributed by atoms with E-state index in [4.69, 9.17) is 18.9 Å². The van der Waals surface area contributed by atoms with Crippen molar-refractivity contribution in [2.24, 2.45) is 0 Å². The maximum Gasteiger partial charge on any atom is 0.197 e. The van der Waals surface area contributed by atoms with E-state index in [9.17, 15) is 4.79 Å². The monoisotopic (exact) mass is 412 g/mol. The highest BCUT2D eigenvalue weighted by Gasteiger charge is 2.25. The summed E-state index contributed by atoms with van der Waals surface area (Å²) in [5.41, 5.74) is 3.09. The summed E-state index contributed by atoms with van der Waals surface area (Å²) in [6, 6.07) is 11.3. The fraction of sp³-hybridized carbons (Fsp3) is 0.435. The number of anilines is 2. The van der Waals surface area contributed by atoms with Crippen LogP contribution in [-0.2, 0) is 9.47 Å². The van der Waals surface area contributed by atoms with Crippen LogP contribution in [0.1, 0.15) is 15.9 Å². The number of ether oxygens (including phenoxy) is 4. The number of methoxy groups -OCH3 is 2. The maximum atomic E-state index is 13.8. The number of carbonyl (C=O) groups excluding carboxylic acids is 1. The molecule has 0 aliphatic carbocycles. The molecule has 2 heterocycles. The zero-order valence-corrected chi connectivity index (χ0v) is 17.6. The Morgan fingerprint density at radius 3 is 1.50 bits per heavy atom. The zero-order valence-electron chi connectivity index (χ0n) is 17.6. The summed E-state index contributed by atoms with van der Waals surface area (Å²) in [6.07, 6.45) is 0. The summed E-state index contributed by atoms with van der Waals surface area (Å²) in [5, 5.41) is 0. The number of ketones is 1. The molecule has 2 aliphatic heterocycles. The third-order valence-corrected chi connectivity index (χ3v) is 5.60. The molecule has 2 aromatic carbocycles. The normalized spacial score (nSPS) is 17.0. The van der Waals surface area contributed by atoms with Gasteiger partial charge in [-0.3, -0.25) is 4.79 Å². The number of hydrogen-bond acceptors (Lipinski definition) is 7. The first-order valence-corrected chi connectivity index (χ1v) is 10.3. The van der Waals surface area contributed by atoms with Gasteiger partial charge in [-0.1, -0.05) is 0 Å². The molecule has 2 fully saturated rings. The molecule has 0 saturated carbocycles. The average molecular weight is 412 g/mol. The Morgan fingerprint density at radius 2 is 1.13 bits per heavy atom. The molecule has 0 atom stereocenters. The van der Waals surface area contributed by atoms with Crippen LogP contribution in [0.3, 0.4) is 0 Å². The number of carbonyl (C=O) groups is 1. The van der Waals surface area contributed by atoms with E-state index in [1.807, 2.05) is 36.4 Å². The Morgan fingerprint density at radius 1 is 0.733 bits per heavy atom. The van der Waals surface area contributed by atoms with Gasteiger partial charge < -0.3 is 28.7 Å². The van der Waals surface area contributed by atoms with Crippen LogP contribution < -0.4 is 19.3 Å². The Bertz CT molecular complexity index is 818. The zero-order chi connectivity index (χ0) is 20.9. The molecule has 0 N–H and O–H groups in total. The van der Waals surface area contributed by atoms with Crippen molar-refractivity contribution < 1.29 is 23.7 Å². The van der Waals surface area contributed by atoms with Gasteiger partial charge in [-0.15, -0.1) is 0 Å². The molecular weight excluding hydrogens is 384 g/mol. The van der Waals surface area contributed by atoms with Crippen LogP contribution in [0, 0.1) is 0 Å². The van der Waals surface area contributed by atoms with Crippen molar-refractivity contribution in [1.82, 2.24) is 0 Å². The molecule has 0 radical (unpaired) electrons. The van der Waals surface area contributed by atoms with E-state index in [0.29, 0.717) is 37.6 Å². The number of hydrogen-bond donors (Lipinski definition) is 0. The van der Waals surface area contributed by atoms with Crippen LogP contribution in [0.15, 0.2) is 36.4 Å². The number of morpholine rings is 2. The van der Waals surface area contributed by atoms with Crippen LogP contribution >= 0.6 is 0 Å². The summed E-state index contributed by atoms with van der Waals surface area (Å²) in [5.74, 6) is 1.45. The topological polar surface area (TPSA) is 60.5 Å². The lowest BCUT2D eigenvalue weighted by atomic mass is 9.98. The molecule has 2 aromatic rings. The van der Waals surface area contributed by atoms with Gasteiger partial charge in [-0.2, -0.15) is 0 Å². The Hall–Kier alpha value is -2.77. The standard InChI is InChI=1S/C23H28N2O5/c1-27-17-3-5-19(21(15-17)24-7-11-29-12-8-24)23(26)20-6-4-18(28-2)16-22(20)25-9-13-30-14-10-25/h3-6,15-16H,7-14H2,1-2H3. The molecule has 7 heteroatoms. The Balaban J connectivity index is 1.75. The summed E-state index contributed by atoms with van der Waals surface area (Å²) < 4.78 is 21.8.